The van der Waals surface area contributed by atoms with Crippen molar-refractivity contribution in [3.63, 3.8) is 0 Å². The number of hydrogen-bond acceptors (Lipinski definition) is 4. The Kier molecular flexibility index (Phi) is 5.76. The number of nitrogens with one attached hydrogen (secondary N) is 2. The molecule has 0 saturated heterocycles. The Hall–Kier alpha value is -3.11. The minimum Gasteiger partial charge on any atom is -0.468 e. The average Bonchev–Trinajstić information content (AvgIpc) is 3.20. The van der Waals surface area contributed by atoms with E-state index in [0.29, 0.717) is 5.76 Å². The second-order valence-electron chi connectivity index (χ2n) is 5.93. The van der Waals surface area contributed by atoms with E-state index in [1.54, 1.807) is 12.1 Å². The molecule has 3 aromatic rings. The molecular weight excluding hydrogens is 409 g/mol. The summed E-state index contributed by atoms with van der Waals surface area (Å²) in [5.74, 6) is -0.523. The molecule has 152 valence electrons. The van der Waals surface area contributed by atoms with Gasteiger partial charge in [-0.15, -0.1) is 0 Å². The van der Waals surface area contributed by atoms with Gasteiger partial charge in [0.1, 0.15) is 5.76 Å². The van der Waals surface area contributed by atoms with Crippen LogP contribution < -0.4 is 10.0 Å². The van der Waals surface area contributed by atoms with Crippen molar-refractivity contribution in [2.24, 2.45) is 0 Å². The highest BCUT2D eigenvalue weighted by atomic mass is 32.2. The van der Waals surface area contributed by atoms with Gasteiger partial charge in [0, 0.05) is 5.69 Å². The molecule has 10 heteroatoms. The van der Waals surface area contributed by atoms with Gasteiger partial charge in [0.2, 0.25) is 10.0 Å². The molecule has 0 aliphatic carbocycles. The number of rotatable bonds is 6. The molecule has 1 heterocycles. The SMILES string of the molecule is O=C(Nc1ccc(S(=O)(=O)NCc2ccco2)cc1)c1ccccc1C(F)(F)F. The number of carbonyl (C=O) groups excluding carboxylic acids is 1. The molecule has 0 fully saturated rings. The van der Waals surface area contributed by atoms with E-state index in [1.165, 1.54) is 42.7 Å². The van der Waals surface area contributed by atoms with Gasteiger partial charge in [0.25, 0.3) is 5.91 Å². The Bertz CT molecular complexity index is 1090. The number of carbonyl (C=O) groups is 1. The van der Waals surface area contributed by atoms with Gasteiger partial charge in [-0.3, -0.25) is 4.79 Å². The second kappa shape index (κ2) is 8.10. The summed E-state index contributed by atoms with van der Waals surface area (Å²) in [5, 5.41) is 2.33. The monoisotopic (exact) mass is 424 g/mol. The maximum atomic E-state index is 13.0. The molecule has 29 heavy (non-hydrogen) atoms. The van der Waals surface area contributed by atoms with Crippen LogP contribution in [-0.4, -0.2) is 14.3 Å². The van der Waals surface area contributed by atoms with Crippen LogP contribution in [0.5, 0.6) is 0 Å². The molecule has 0 radical (unpaired) electrons. The van der Waals surface area contributed by atoms with E-state index in [1.807, 2.05) is 0 Å². The lowest BCUT2D eigenvalue weighted by Crippen LogP contribution is -2.23. The van der Waals surface area contributed by atoms with Gasteiger partial charge < -0.3 is 9.73 Å². The molecule has 1 amide bonds. The van der Waals surface area contributed by atoms with Crippen molar-refractivity contribution >= 4 is 21.6 Å². The van der Waals surface area contributed by atoms with Crippen LogP contribution in [-0.2, 0) is 22.7 Å². The van der Waals surface area contributed by atoms with Crippen molar-refractivity contribution in [1.82, 2.24) is 4.72 Å². The standard InChI is InChI=1S/C19H15F3N2O4S/c20-19(21,22)17-6-2-1-5-16(17)18(25)24-13-7-9-15(10-8-13)29(26,27)23-12-14-4-3-11-28-14/h1-11,23H,12H2,(H,24,25). The zero-order valence-electron chi connectivity index (χ0n) is 14.7. The van der Waals surface area contributed by atoms with E-state index in [-0.39, 0.29) is 17.1 Å². The van der Waals surface area contributed by atoms with Gasteiger partial charge in [-0.1, -0.05) is 12.1 Å². The van der Waals surface area contributed by atoms with Crippen LogP contribution in [0.2, 0.25) is 0 Å². The summed E-state index contributed by atoms with van der Waals surface area (Å²) in [6, 6.07) is 12.7. The number of hydrogen-bond donors (Lipinski definition) is 2. The fourth-order valence-corrected chi connectivity index (χ4v) is 3.50. The first-order valence-electron chi connectivity index (χ1n) is 8.26. The quantitative estimate of drug-likeness (QED) is 0.625. The average molecular weight is 424 g/mol. The highest BCUT2D eigenvalue weighted by Gasteiger charge is 2.34. The zero-order chi connectivity index (χ0) is 21.1. The van der Waals surface area contributed by atoms with Crippen molar-refractivity contribution in [2.45, 2.75) is 17.6 Å². The lowest BCUT2D eigenvalue weighted by molar-refractivity contribution is -0.137. The Morgan fingerprint density at radius 1 is 0.966 bits per heavy atom. The normalized spacial score (nSPS) is 12.0. The van der Waals surface area contributed by atoms with Crippen molar-refractivity contribution in [3.05, 3.63) is 83.8 Å². The van der Waals surface area contributed by atoms with Crippen molar-refractivity contribution in [1.29, 1.82) is 0 Å². The summed E-state index contributed by atoms with van der Waals surface area (Å²) in [6.07, 6.45) is -3.26. The Morgan fingerprint density at radius 2 is 1.66 bits per heavy atom. The molecule has 2 aromatic carbocycles. The van der Waals surface area contributed by atoms with Crippen LogP contribution in [0.25, 0.3) is 0 Å². The van der Waals surface area contributed by atoms with Gasteiger partial charge >= 0.3 is 6.18 Å². The molecule has 2 N–H and O–H groups in total. The zero-order valence-corrected chi connectivity index (χ0v) is 15.5. The number of anilines is 1. The molecule has 0 aliphatic heterocycles. The highest BCUT2D eigenvalue weighted by Crippen LogP contribution is 2.32. The van der Waals surface area contributed by atoms with Gasteiger partial charge in [-0.05, 0) is 48.5 Å². The van der Waals surface area contributed by atoms with Crippen LogP contribution in [0, 0.1) is 0 Å². The van der Waals surface area contributed by atoms with Gasteiger partial charge in [0.05, 0.1) is 28.8 Å². The van der Waals surface area contributed by atoms with Crippen LogP contribution >= 0.6 is 0 Å². The van der Waals surface area contributed by atoms with E-state index >= 15 is 0 Å². The van der Waals surface area contributed by atoms with E-state index in [9.17, 15) is 26.4 Å². The molecule has 0 unspecified atom stereocenters. The lowest BCUT2D eigenvalue weighted by Gasteiger charge is -2.13. The number of halogens is 3. The highest BCUT2D eigenvalue weighted by molar-refractivity contribution is 7.89. The van der Waals surface area contributed by atoms with Crippen molar-refractivity contribution in [3.8, 4) is 0 Å². The summed E-state index contributed by atoms with van der Waals surface area (Å²) >= 11 is 0. The predicted molar refractivity (Wildman–Crippen MR) is 98.6 cm³/mol. The fraction of sp³-hybridized carbons (Fsp3) is 0.105. The van der Waals surface area contributed by atoms with E-state index in [2.05, 4.69) is 10.0 Å². The maximum Gasteiger partial charge on any atom is 0.417 e. The van der Waals surface area contributed by atoms with Crippen molar-refractivity contribution < 1.29 is 30.8 Å². The third-order valence-corrected chi connectivity index (χ3v) is 5.33. The molecule has 1 aromatic heterocycles. The summed E-state index contributed by atoms with van der Waals surface area (Å²) in [7, 11) is -3.83. The second-order valence-corrected chi connectivity index (χ2v) is 7.69. The minimum absolute atomic E-state index is 0.0396. The largest absolute Gasteiger partial charge is 0.468 e. The molecular formula is C19H15F3N2O4S. The van der Waals surface area contributed by atoms with Gasteiger partial charge in [-0.25, -0.2) is 13.1 Å². The van der Waals surface area contributed by atoms with Crippen LogP contribution in [0.3, 0.4) is 0 Å². The van der Waals surface area contributed by atoms with Gasteiger partial charge in [-0.2, -0.15) is 13.2 Å². The first-order valence-corrected chi connectivity index (χ1v) is 9.75. The number of sulfonamides is 1. The Labute approximate surface area is 164 Å². The number of amides is 1. The summed E-state index contributed by atoms with van der Waals surface area (Å²) < 4.78 is 71.1. The molecule has 0 spiro atoms. The van der Waals surface area contributed by atoms with E-state index < -0.39 is 33.2 Å². The number of furan rings is 1. The third kappa shape index (κ3) is 5.04. The molecule has 3 rings (SSSR count). The van der Waals surface area contributed by atoms with Crippen LogP contribution in [0.4, 0.5) is 18.9 Å². The number of benzene rings is 2. The smallest absolute Gasteiger partial charge is 0.417 e. The minimum atomic E-state index is -4.68. The lowest BCUT2D eigenvalue weighted by atomic mass is 10.1. The van der Waals surface area contributed by atoms with E-state index in [0.717, 1.165) is 12.1 Å². The third-order valence-electron chi connectivity index (χ3n) is 3.92. The molecule has 6 nitrogen and oxygen atoms in total. The first kappa shape index (κ1) is 20.6. The Balaban J connectivity index is 1.72. The van der Waals surface area contributed by atoms with Crippen molar-refractivity contribution in [2.75, 3.05) is 5.32 Å². The number of alkyl halides is 3. The fourth-order valence-electron chi connectivity index (χ4n) is 2.51. The van der Waals surface area contributed by atoms with E-state index in [4.69, 9.17) is 4.42 Å². The topological polar surface area (TPSA) is 88.4 Å². The van der Waals surface area contributed by atoms with Gasteiger partial charge in [0.15, 0.2) is 0 Å². The summed E-state index contributed by atoms with van der Waals surface area (Å²) in [5.41, 5.74) is -1.44. The van der Waals surface area contributed by atoms with Crippen LogP contribution in [0.1, 0.15) is 21.7 Å². The first-order chi connectivity index (χ1) is 13.7. The van der Waals surface area contributed by atoms with Crippen LogP contribution in [0.15, 0.2) is 76.2 Å². The molecule has 0 atom stereocenters. The molecule has 0 saturated carbocycles. The predicted octanol–water partition coefficient (Wildman–Crippen LogP) is 4.03. The summed E-state index contributed by atoms with van der Waals surface area (Å²) in [6.45, 7) is -0.0396. The Morgan fingerprint density at radius 3 is 2.28 bits per heavy atom. The summed E-state index contributed by atoms with van der Waals surface area (Å²) in [4.78, 5) is 12.2. The maximum absolute atomic E-state index is 13.0. The molecule has 0 aliphatic rings. The molecule has 0 bridgehead atoms.